The largest absolute Gasteiger partial charge is 0.477 e. The molecule has 2 atom stereocenters. The molecule has 1 amide bonds. The molecule has 1 fully saturated rings. The minimum Gasteiger partial charge on any atom is -0.477 e. The van der Waals surface area contributed by atoms with Crippen molar-refractivity contribution in [1.82, 2.24) is 14.5 Å². The van der Waals surface area contributed by atoms with Crippen molar-refractivity contribution in [3.8, 4) is 11.9 Å². The molecule has 1 aromatic carbocycles. The van der Waals surface area contributed by atoms with Gasteiger partial charge in [0.15, 0.2) is 5.82 Å². The topological polar surface area (TPSA) is 92.8 Å². The highest BCUT2D eigenvalue weighted by atomic mass is 19.1. The third kappa shape index (κ3) is 3.96. The van der Waals surface area contributed by atoms with Crippen LogP contribution in [0.5, 0.6) is 5.88 Å². The first-order valence-electron chi connectivity index (χ1n) is 9.91. The summed E-state index contributed by atoms with van der Waals surface area (Å²) in [6.07, 6.45) is 2.29. The van der Waals surface area contributed by atoms with E-state index >= 15 is 0 Å². The summed E-state index contributed by atoms with van der Waals surface area (Å²) in [5, 5.41) is 11.8. The summed E-state index contributed by atoms with van der Waals surface area (Å²) in [5.74, 6) is -0.358. The first-order chi connectivity index (χ1) is 14.5. The predicted molar refractivity (Wildman–Crippen MR) is 110 cm³/mol. The van der Waals surface area contributed by atoms with Gasteiger partial charge < -0.3 is 14.6 Å². The van der Waals surface area contributed by atoms with Gasteiger partial charge >= 0.3 is 0 Å². The third-order valence-corrected chi connectivity index (χ3v) is 5.32. The number of hydrogen-bond acceptors (Lipinski definition) is 5. The van der Waals surface area contributed by atoms with Crippen LogP contribution in [0.2, 0.25) is 0 Å². The Morgan fingerprint density at radius 2 is 2.20 bits per heavy atom. The molecule has 0 saturated heterocycles. The van der Waals surface area contributed by atoms with E-state index in [1.165, 1.54) is 0 Å². The lowest BCUT2D eigenvalue weighted by atomic mass is 10.0. The van der Waals surface area contributed by atoms with E-state index in [0.717, 1.165) is 23.1 Å². The standard InChI is InChI=1S/C22H22FN5O2/c1-3-14-8-13(11-24)4-5-15(14)6-7-30-19-10-18-20(25-12-28(18)2)21(26-19)27-22(29)16-9-17(16)23/h4-5,8,10,12,16-17H,3,6-7,9H2,1-2H3,(H,26,27,29)/t16-,17+/m0/s1. The molecule has 0 bridgehead atoms. The van der Waals surface area contributed by atoms with Crippen LogP contribution in [0.15, 0.2) is 30.6 Å². The Morgan fingerprint density at radius 1 is 1.40 bits per heavy atom. The minimum absolute atomic E-state index is 0.248. The number of aryl methyl sites for hydroxylation is 2. The van der Waals surface area contributed by atoms with Gasteiger partial charge in [-0.2, -0.15) is 10.2 Å². The van der Waals surface area contributed by atoms with E-state index in [-0.39, 0.29) is 18.1 Å². The molecule has 1 saturated carbocycles. The van der Waals surface area contributed by atoms with E-state index in [0.29, 0.717) is 30.0 Å². The molecule has 0 aliphatic heterocycles. The number of anilines is 1. The number of pyridine rings is 1. The van der Waals surface area contributed by atoms with Gasteiger partial charge in [-0.05, 0) is 36.1 Å². The number of aromatic nitrogens is 3. The van der Waals surface area contributed by atoms with Gasteiger partial charge in [-0.15, -0.1) is 0 Å². The van der Waals surface area contributed by atoms with E-state index in [9.17, 15) is 9.18 Å². The Kier molecular flexibility index (Phi) is 5.36. The number of amides is 1. The van der Waals surface area contributed by atoms with Crippen LogP contribution >= 0.6 is 0 Å². The number of alkyl halides is 1. The normalized spacial score (nSPS) is 17.5. The number of imidazole rings is 1. The number of ether oxygens (including phenoxy) is 1. The van der Waals surface area contributed by atoms with E-state index in [1.807, 2.05) is 23.7 Å². The lowest BCUT2D eigenvalue weighted by Gasteiger charge is -2.11. The molecule has 1 aliphatic carbocycles. The molecule has 7 nitrogen and oxygen atoms in total. The monoisotopic (exact) mass is 407 g/mol. The lowest BCUT2D eigenvalue weighted by Crippen LogP contribution is -2.16. The van der Waals surface area contributed by atoms with Crippen LogP contribution in [0, 0.1) is 17.2 Å². The van der Waals surface area contributed by atoms with Gasteiger partial charge in [0.25, 0.3) is 0 Å². The molecular formula is C22H22FN5O2. The van der Waals surface area contributed by atoms with Gasteiger partial charge in [-0.1, -0.05) is 13.0 Å². The smallest absolute Gasteiger partial charge is 0.231 e. The summed E-state index contributed by atoms with van der Waals surface area (Å²) in [6, 6.07) is 9.59. The Labute approximate surface area is 173 Å². The molecule has 2 aromatic heterocycles. The van der Waals surface area contributed by atoms with Crippen molar-refractivity contribution in [3.05, 3.63) is 47.3 Å². The van der Waals surface area contributed by atoms with Gasteiger partial charge in [-0.3, -0.25) is 4.79 Å². The Bertz CT molecular complexity index is 1150. The summed E-state index contributed by atoms with van der Waals surface area (Å²) in [5.41, 5.74) is 4.18. The van der Waals surface area contributed by atoms with Gasteiger partial charge in [0, 0.05) is 19.5 Å². The van der Waals surface area contributed by atoms with Crippen molar-refractivity contribution in [3.63, 3.8) is 0 Å². The number of carbonyl (C=O) groups is 1. The average molecular weight is 407 g/mol. The number of nitrogens with one attached hydrogen (secondary N) is 1. The number of benzene rings is 1. The van der Waals surface area contributed by atoms with Crippen molar-refractivity contribution >= 4 is 22.8 Å². The molecule has 0 radical (unpaired) electrons. The minimum atomic E-state index is -1.08. The summed E-state index contributed by atoms with van der Waals surface area (Å²) in [4.78, 5) is 20.9. The second-order valence-corrected chi connectivity index (χ2v) is 7.43. The summed E-state index contributed by atoms with van der Waals surface area (Å²) in [7, 11) is 1.84. The molecule has 4 rings (SSSR count). The summed E-state index contributed by atoms with van der Waals surface area (Å²) in [6.45, 7) is 2.44. The molecule has 8 heteroatoms. The Balaban J connectivity index is 1.51. The highest BCUT2D eigenvalue weighted by Gasteiger charge is 2.44. The van der Waals surface area contributed by atoms with Gasteiger partial charge in [0.1, 0.15) is 11.7 Å². The van der Waals surface area contributed by atoms with E-state index in [2.05, 4.69) is 28.3 Å². The first kappa shape index (κ1) is 19.8. The average Bonchev–Trinajstić information content (AvgIpc) is 3.37. The molecule has 1 N–H and O–H groups in total. The number of nitrogens with zero attached hydrogens (tertiary/aromatic N) is 4. The second-order valence-electron chi connectivity index (χ2n) is 7.43. The maximum Gasteiger partial charge on any atom is 0.231 e. The van der Waals surface area contributed by atoms with Crippen LogP contribution in [-0.2, 0) is 24.7 Å². The summed E-state index contributed by atoms with van der Waals surface area (Å²) >= 11 is 0. The van der Waals surface area contributed by atoms with Gasteiger partial charge in [-0.25, -0.2) is 9.37 Å². The number of hydrogen-bond donors (Lipinski definition) is 1. The van der Waals surface area contributed by atoms with Crippen molar-refractivity contribution < 1.29 is 13.9 Å². The highest BCUT2D eigenvalue weighted by Crippen LogP contribution is 2.35. The molecule has 1 aliphatic rings. The Hall–Kier alpha value is -3.47. The molecule has 154 valence electrons. The maximum absolute atomic E-state index is 13.2. The number of carbonyl (C=O) groups excluding carboxylic acids is 1. The first-order valence-corrected chi connectivity index (χ1v) is 9.91. The third-order valence-electron chi connectivity index (χ3n) is 5.32. The Morgan fingerprint density at radius 3 is 2.90 bits per heavy atom. The molecule has 0 spiro atoms. The predicted octanol–water partition coefficient (Wildman–Crippen LogP) is 3.32. The zero-order valence-corrected chi connectivity index (χ0v) is 16.9. The summed E-state index contributed by atoms with van der Waals surface area (Å²) < 4.78 is 20.9. The second kappa shape index (κ2) is 8.11. The van der Waals surface area contributed by atoms with Crippen molar-refractivity contribution in [1.29, 1.82) is 5.26 Å². The van der Waals surface area contributed by atoms with Crippen LogP contribution < -0.4 is 10.1 Å². The molecule has 2 heterocycles. The van der Waals surface area contributed by atoms with Crippen LogP contribution in [0.3, 0.4) is 0 Å². The van der Waals surface area contributed by atoms with Crippen LogP contribution in [-0.4, -0.2) is 33.2 Å². The zero-order valence-electron chi connectivity index (χ0n) is 16.9. The maximum atomic E-state index is 13.2. The molecule has 0 unspecified atom stereocenters. The fourth-order valence-corrected chi connectivity index (χ4v) is 3.44. The quantitative estimate of drug-likeness (QED) is 0.649. The van der Waals surface area contributed by atoms with Crippen LogP contribution in [0.25, 0.3) is 11.0 Å². The molecular weight excluding hydrogens is 385 g/mol. The van der Waals surface area contributed by atoms with Crippen molar-refractivity contribution in [2.75, 3.05) is 11.9 Å². The van der Waals surface area contributed by atoms with Gasteiger partial charge in [0.2, 0.25) is 11.8 Å². The number of fused-ring (bicyclic) bond motifs is 1. The van der Waals surface area contributed by atoms with E-state index in [1.54, 1.807) is 18.5 Å². The lowest BCUT2D eigenvalue weighted by molar-refractivity contribution is -0.117. The fourth-order valence-electron chi connectivity index (χ4n) is 3.44. The van der Waals surface area contributed by atoms with Crippen LogP contribution in [0.1, 0.15) is 30.0 Å². The van der Waals surface area contributed by atoms with Crippen molar-refractivity contribution in [2.45, 2.75) is 32.4 Å². The fraction of sp³-hybridized carbons (Fsp3) is 0.364. The van der Waals surface area contributed by atoms with E-state index in [4.69, 9.17) is 10.00 Å². The van der Waals surface area contributed by atoms with Crippen molar-refractivity contribution in [2.24, 2.45) is 13.0 Å². The number of halogens is 1. The van der Waals surface area contributed by atoms with Gasteiger partial charge in [0.05, 0.1) is 36.0 Å². The molecule has 30 heavy (non-hydrogen) atoms. The highest BCUT2D eigenvalue weighted by molar-refractivity contribution is 6.00. The van der Waals surface area contributed by atoms with E-state index < -0.39 is 12.1 Å². The zero-order chi connectivity index (χ0) is 21.3. The number of rotatable bonds is 7. The van der Waals surface area contributed by atoms with Crippen LogP contribution in [0.4, 0.5) is 10.2 Å². The molecule has 3 aromatic rings. The number of nitriles is 1. The SMILES string of the molecule is CCc1cc(C#N)ccc1CCOc1cc2c(ncn2C)c(NC(=O)[C@H]2C[C@H]2F)n1.